The highest BCUT2D eigenvalue weighted by Gasteiger charge is 2.14. The molecule has 21 heavy (non-hydrogen) atoms. The predicted molar refractivity (Wildman–Crippen MR) is 83.2 cm³/mol. The van der Waals surface area contributed by atoms with Gasteiger partial charge in [0.1, 0.15) is 5.82 Å². The summed E-state index contributed by atoms with van der Waals surface area (Å²) in [6.07, 6.45) is 0.766. The molecule has 2 aromatic heterocycles. The fourth-order valence-corrected chi connectivity index (χ4v) is 2.60. The zero-order valence-electron chi connectivity index (χ0n) is 11.3. The lowest BCUT2D eigenvalue weighted by atomic mass is 10.2. The lowest BCUT2D eigenvalue weighted by Gasteiger charge is -2.14. The van der Waals surface area contributed by atoms with E-state index in [1.807, 2.05) is 18.2 Å². The molecule has 1 amide bonds. The van der Waals surface area contributed by atoms with Gasteiger partial charge < -0.3 is 15.0 Å². The number of carbonyl (C=O) groups is 1. The van der Waals surface area contributed by atoms with Crippen LogP contribution in [0.2, 0.25) is 0 Å². The van der Waals surface area contributed by atoms with E-state index < -0.39 is 6.09 Å². The Balaban J connectivity index is 2.07. The number of pyridine rings is 1. The predicted octanol–water partition coefficient (Wildman–Crippen LogP) is 3.37. The zero-order chi connectivity index (χ0) is 15.0. The fourth-order valence-electron chi connectivity index (χ4n) is 2.25. The van der Waals surface area contributed by atoms with Gasteiger partial charge in [-0.15, -0.1) is 0 Å². The Bertz CT molecular complexity index is 830. The molecule has 0 radical (unpaired) electrons. The summed E-state index contributed by atoms with van der Waals surface area (Å²) in [4.78, 5) is 24.4. The maximum Gasteiger partial charge on any atom is 0.407 e. The first-order chi connectivity index (χ1) is 10.1. The summed E-state index contributed by atoms with van der Waals surface area (Å²) < 4.78 is 0.959. The van der Waals surface area contributed by atoms with Gasteiger partial charge in [0.05, 0.1) is 29.3 Å². The first kappa shape index (κ1) is 13.8. The SMILES string of the molecule is CCN(Cc1nc2c(cnc3cc(Br)ccc32)[nH]1)C(=O)O. The smallest absolute Gasteiger partial charge is 0.407 e. The molecule has 6 nitrogen and oxygen atoms in total. The van der Waals surface area contributed by atoms with Crippen molar-refractivity contribution in [3.05, 3.63) is 34.7 Å². The molecule has 0 aliphatic rings. The highest BCUT2D eigenvalue weighted by Crippen LogP contribution is 2.24. The Morgan fingerprint density at radius 3 is 3.00 bits per heavy atom. The van der Waals surface area contributed by atoms with Crippen molar-refractivity contribution in [2.45, 2.75) is 13.5 Å². The monoisotopic (exact) mass is 348 g/mol. The molecule has 0 aliphatic carbocycles. The molecular weight excluding hydrogens is 336 g/mol. The summed E-state index contributed by atoms with van der Waals surface area (Å²) in [6, 6.07) is 5.82. The molecule has 7 heteroatoms. The van der Waals surface area contributed by atoms with Crippen LogP contribution in [0.1, 0.15) is 12.7 Å². The third-order valence-corrected chi connectivity index (χ3v) is 3.81. The van der Waals surface area contributed by atoms with E-state index in [9.17, 15) is 4.79 Å². The molecule has 0 saturated heterocycles. The molecule has 0 fully saturated rings. The van der Waals surface area contributed by atoms with Gasteiger partial charge in [0.15, 0.2) is 0 Å². The standard InChI is InChI=1S/C14H13BrN4O2/c1-2-19(14(20)21)7-12-17-11-6-16-10-5-8(15)3-4-9(10)13(11)18-12/h3-6H,2,7H2,1H3,(H,17,18)(H,20,21). The van der Waals surface area contributed by atoms with Gasteiger partial charge in [-0.3, -0.25) is 4.98 Å². The van der Waals surface area contributed by atoms with Gasteiger partial charge in [0.25, 0.3) is 0 Å². The number of rotatable bonds is 3. The Kier molecular flexibility index (Phi) is 3.50. The third-order valence-electron chi connectivity index (χ3n) is 3.32. The van der Waals surface area contributed by atoms with Gasteiger partial charge in [-0.25, -0.2) is 9.78 Å². The highest BCUT2D eigenvalue weighted by atomic mass is 79.9. The van der Waals surface area contributed by atoms with Crippen molar-refractivity contribution in [1.82, 2.24) is 19.9 Å². The summed E-state index contributed by atoms with van der Waals surface area (Å²) in [5, 5.41) is 10.0. The number of imidazole rings is 1. The molecule has 3 rings (SSSR count). The van der Waals surface area contributed by atoms with Crippen LogP contribution >= 0.6 is 15.9 Å². The van der Waals surface area contributed by atoms with Gasteiger partial charge in [0.2, 0.25) is 0 Å². The van der Waals surface area contributed by atoms with Crippen molar-refractivity contribution >= 4 is 44.0 Å². The van der Waals surface area contributed by atoms with Crippen LogP contribution in [0.5, 0.6) is 0 Å². The highest BCUT2D eigenvalue weighted by molar-refractivity contribution is 9.10. The molecule has 2 heterocycles. The maximum atomic E-state index is 11.1. The van der Waals surface area contributed by atoms with Gasteiger partial charge >= 0.3 is 6.09 Å². The molecular formula is C14H13BrN4O2. The van der Waals surface area contributed by atoms with Crippen LogP contribution in [-0.2, 0) is 6.54 Å². The number of fused-ring (bicyclic) bond motifs is 3. The van der Waals surface area contributed by atoms with Crippen molar-refractivity contribution < 1.29 is 9.90 Å². The molecule has 0 atom stereocenters. The number of H-pyrrole nitrogens is 1. The Morgan fingerprint density at radius 2 is 2.29 bits per heavy atom. The Morgan fingerprint density at radius 1 is 1.48 bits per heavy atom. The molecule has 0 bridgehead atoms. The quantitative estimate of drug-likeness (QED) is 0.760. The van der Waals surface area contributed by atoms with Crippen molar-refractivity contribution in [3.63, 3.8) is 0 Å². The Hall–Kier alpha value is -2.15. The minimum atomic E-state index is -0.954. The molecule has 0 aliphatic heterocycles. The molecule has 0 spiro atoms. The van der Waals surface area contributed by atoms with E-state index in [0.29, 0.717) is 12.4 Å². The number of amides is 1. The van der Waals surface area contributed by atoms with Gasteiger partial charge in [-0.2, -0.15) is 0 Å². The number of aromatic amines is 1. The van der Waals surface area contributed by atoms with Crippen LogP contribution < -0.4 is 0 Å². The maximum absolute atomic E-state index is 11.1. The van der Waals surface area contributed by atoms with E-state index in [2.05, 4.69) is 30.9 Å². The molecule has 0 saturated carbocycles. The average Bonchev–Trinajstić information content (AvgIpc) is 2.86. The van der Waals surface area contributed by atoms with Crippen LogP contribution in [0.15, 0.2) is 28.9 Å². The lowest BCUT2D eigenvalue weighted by molar-refractivity contribution is 0.144. The summed E-state index contributed by atoms with van der Waals surface area (Å²) >= 11 is 3.42. The van der Waals surface area contributed by atoms with E-state index in [4.69, 9.17) is 5.11 Å². The van der Waals surface area contributed by atoms with E-state index in [1.54, 1.807) is 13.1 Å². The molecule has 2 N–H and O–H groups in total. The topological polar surface area (TPSA) is 82.1 Å². The van der Waals surface area contributed by atoms with Gasteiger partial charge in [-0.1, -0.05) is 15.9 Å². The number of carboxylic acid groups (broad SMARTS) is 1. The molecule has 1 aromatic carbocycles. The summed E-state index contributed by atoms with van der Waals surface area (Å²) in [7, 11) is 0. The first-order valence-corrected chi connectivity index (χ1v) is 7.28. The molecule has 108 valence electrons. The Labute approximate surface area is 128 Å². The van der Waals surface area contributed by atoms with Crippen LogP contribution in [0.4, 0.5) is 4.79 Å². The number of hydrogen-bond donors (Lipinski definition) is 2. The minimum absolute atomic E-state index is 0.235. The van der Waals surface area contributed by atoms with Crippen LogP contribution in [0.3, 0.4) is 0 Å². The second kappa shape index (κ2) is 5.33. The summed E-state index contributed by atoms with van der Waals surface area (Å²) in [5.74, 6) is 0.617. The molecule has 0 unspecified atom stereocenters. The third kappa shape index (κ3) is 2.56. The summed E-state index contributed by atoms with van der Waals surface area (Å²) in [6.45, 7) is 2.45. The normalized spacial score (nSPS) is 11.1. The number of benzene rings is 1. The number of hydrogen-bond acceptors (Lipinski definition) is 3. The number of halogens is 1. The van der Waals surface area contributed by atoms with Crippen molar-refractivity contribution in [2.75, 3.05) is 6.54 Å². The van der Waals surface area contributed by atoms with E-state index in [1.165, 1.54) is 4.90 Å². The van der Waals surface area contributed by atoms with Gasteiger partial charge in [0, 0.05) is 16.4 Å². The minimum Gasteiger partial charge on any atom is -0.465 e. The van der Waals surface area contributed by atoms with E-state index in [0.717, 1.165) is 26.4 Å². The van der Waals surface area contributed by atoms with Crippen LogP contribution in [0, 0.1) is 0 Å². The van der Waals surface area contributed by atoms with Crippen molar-refractivity contribution in [1.29, 1.82) is 0 Å². The van der Waals surface area contributed by atoms with Gasteiger partial charge in [-0.05, 0) is 25.1 Å². The largest absolute Gasteiger partial charge is 0.465 e. The number of nitrogens with zero attached hydrogens (tertiary/aromatic N) is 3. The number of nitrogens with one attached hydrogen (secondary N) is 1. The van der Waals surface area contributed by atoms with Crippen molar-refractivity contribution in [3.8, 4) is 0 Å². The second-order valence-electron chi connectivity index (χ2n) is 4.66. The fraction of sp³-hybridized carbons (Fsp3) is 0.214. The van der Waals surface area contributed by atoms with E-state index >= 15 is 0 Å². The van der Waals surface area contributed by atoms with Crippen LogP contribution in [0.25, 0.3) is 21.9 Å². The molecule has 3 aromatic rings. The summed E-state index contributed by atoms with van der Waals surface area (Å²) in [5.41, 5.74) is 2.46. The van der Waals surface area contributed by atoms with Crippen LogP contribution in [-0.4, -0.2) is 37.6 Å². The number of aromatic nitrogens is 3. The first-order valence-electron chi connectivity index (χ1n) is 6.49. The van der Waals surface area contributed by atoms with Crippen molar-refractivity contribution in [2.24, 2.45) is 0 Å². The lowest BCUT2D eigenvalue weighted by Crippen LogP contribution is -2.28. The van der Waals surface area contributed by atoms with E-state index in [-0.39, 0.29) is 6.54 Å². The zero-order valence-corrected chi connectivity index (χ0v) is 12.9. The second-order valence-corrected chi connectivity index (χ2v) is 5.58. The average molecular weight is 349 g/mol.